The van der Waals surface area contributed by atoms with Crippen molar-refractivity contribution in [1.82, 2.24) is 4.90 Å². The molecule has 2 atom stereocenters. The van der Waals surface area contributed by atoms with Crippen LogP contribution in [0.5, 0.6) is 0 Å². The first-order valence-corrected chi connectivity index (χ1v) is 5.21. The second-order valence-corrected chi connectivity index (χ2v) is 3.94. The third kappa shape index (κ3) is 4.16. The van der Waals surface area contributed by atoms with Gasteiger partial charge >= 0.3 is 5.97 Å². The Labute approximate surface area is 94.1 Å². The van der Waals surface area contributed by atoms with Crippen LogP contribution in [0, 0.1) is 0 Å². The Bertz CT molecular complexity index is 258. The highest BCUT2D eigenvalue weighted by molar-refractivity contribution is 5.78. The topological polar surface area (TPSA) is 76.1 Å². The number of carbonyl (C=O) groups is 2. The molecule has 1 N–H and O–H groups in total. The molecule has 0 spiro atoms. The fraction of sp³-hybridized carbons (Fsp3) is 0.800. The van der Waals surface area contributed by atoms with Crippen molar-refractivity contribution in [3.05, 3.63) is 0 Å². The highest BCUT2D eigenvalue weighted by atomic mass is 16.5. The van der Waals surface area contributed by atoms with E-state index in [4.69, 9.17) is 14.6 Å². The van der Waals surface area contributed by atoms with Crippen molar-refractivity contribution in [2.24, 2.45) is 0 Å². The van der Waals surface area contributed by atoms with E-state index in [1.54, 1.807) is 4.90 Å². The second kappa shape index (κ2) is 5.81. The summed E-state index contributed by atoms with van der Waals surface area (Å²) in [4.78, 5) is 23.5. The standard InChI is InChI=1S/C10H17NO5/c1-7-3-11(4-8(2)16-7)9(12)5-15-6-10(13)14/h7-8H,3-6H2,1-2H3,(H,13,14)/t7-,8+. The van der Waals surface area contributed by atoms with Crippen LogP contribution in [0.4, 0.5) is 0 Å². The maximum absolute atomic E-state index is 11.6. The first-order valence-electron chi connectivity index (χ1n) is 5.21. The first kappa shape index (κ1) is 12.9. The molecule has 1 fully saturated rings. The van der Waals surface area contributed by atoms with Gasteiger partial charge in [-0.3, -0.25) is 4.79 Å². The van der Waals surface area contributed by atoms with E-state index in [2.05, 4.69) is 0 Å². The number of rotatable bonds is 4. The highest BCUT2D eigenvalue weighted by Crippen LogP contribution is 2.10. The highest BCUT2D eigenvalue weighted by Gasteiger charge is 2.25. The van der Waals surface area contributed by atoms with Crippen LogP contribution in [0.15, 0.2) is 0 Å². The van der Waals surface area contributed by atoms with Gasteiger partial charge in [-0.25, -0.2) is 4.79 Å². The van der Waals surface area contributed by atoms with Crippen LogP contribution < -0.4 is 0 Å². The minimum atomic E-state index is -1.07. The molecule has 16 heavy (non-hydrogen) atoms. The van der Waals surface area contributed by atoms with E-state index in [9.17, 15) is 9.59 Å². The number of aliphatic carboxylic acids is 1. The number of carboxylic acid groups (broad SMARTS) is 1. The van der Waals surface area contributed by atoms with Crippen LogP contribution in [-0.2, 0) is 19.1 Å². The molecule has 92 valence electrons. The Balaban J connectivity index is 2.32. The number of nitrogens with zero attached hydrogens (tertiary/aromatic N) is 1. The van der Waals surface area contributed by atoms with Crippen LogP contribution in [-0.4, -0.2) is 60.4 Å². The van der Waals surface area contributed by atoms with E-state index < -0.39 is 12.6 Å². The normalized spacial score (nSPS) is 25.5. The molecule has 0 unspecified atom stereocenters. The van der Waals surface area contributed by atoms with Crippen molar-refractivity contribution in [2.45, 2.75) is 26.1 Å². The van der Waals surface area contributed by atoms with Crippen LogP contribution in [0.25, 0.3) is 0 Å². The first-order chi connectivity index (χ1) is 7.49. The van der Waals surface area contributed by atoms with Crippen LogP contribution in [0.1, 0.15) is 13.8 Å². The van der Waals surface area contributed by atoms with Gasteiger partial charge in [-0.2, -0.15) is 0 Å². The Morgan fingerprint density at radius 3 is 2.38 bits per heavy atom. The van der Waals surface area contributed by atoms with Gasteiger partial charge < -0.3 is 19.5 Å². The van der Waals surface area contributed by atoms with Crippen molar-refractivity contribution in [3.63, 3.8) is 0 Å². The second-order valence-electron chi connectivity index (χ2n) is 3.94. The zero-order valence-electron chi connectivity index (χ0n) is 9.51. The van der Waals surface area contributed by atoms with Crippen molar-refractivity contribution >= 4 is 11.9 Å². The van der Waals surface area contributed by atoms with Gasteiger partial charge in [0, 0.05) is 13.1 Å². The average molecular weight is 231 g/mol. The summed E-state index contributed by atoms with van der Waals surface area (Å²) < 4.78 is 10.2. The molecule has 1 amide bonds. The molecule has 1 rings (SSSR count). The van der Waals surface area contributed by atoms with E-state index >= 15 is 0 Å². The van der Waals surface area contributed by atoms with Gasteiger partial charge in [-0.1, -0.05) is 0 Å². The van der Waals surface area contributed by atoms with Crippen molar-refractivity contribution < 1.29 is 24.2 Å². The summed E-state index contributed by atoms with van der Waals surface area (Å²) in [6, 6.07) is 0. The maximum Gasteiger partial charge on any atom is 0.329 e. The van der Waals surface area contributed by atoms with Gasteiger partial charge in [0.1, 0.15) is 13.2 Å². The molecule has 0 bridgehead atoms. The molecular formula is C10H17NO5. The third-order valence-corrected chi connectivity index (χ3v) is 2.22. The maximum atomic E-state index is 11.6. The number of carboxylic acids is 1. The Kier molecular flexibility index (Phi) is 4.70. The molecule has 0 radical (unpaired) electrons. The summed E-state index contributed by atoms with van der Waals surface area (Å²) in [5.41, 5.74) is 0. The van der Waals surface area contributed by atoms with Gasteiger partial charge in [0.2, 0.25) is 5.91 Å². The SMILES string of the molecule is C[C@@H]1CN(C(=O)COCC(=O)O)C[C@H](C)O1. The summed E-state index contributed by atoms with van der Waals surface area (Å²) in [6.45, 7) is 4.22. The molecule has 1 saturated heterocycles. The van der Waals surface area contributed by atoms with Crippen LogP contribution >= 0.6 is 0 Å². The van der Waals surface area contributed by atoms with E-state index in [0.717, 1.165) is 0 Å². The minimum absolute atomic E-state index is 0.00664. The summed E-state index contributed by atoms with van der Waals surface area (Å²) in [6.07, 6.45) is 0.0133. The zero-order valence-corrected chi connectivity index (χ0v) is 9.51. The summed E-state index contributed by atoms with van der Waals surface area (Å²) in [7, 11) is 0. The number of carbonyl (C=O) groups excluding carboxylic acids is 1. The number of morpholine rings is 1. The summed E-state index contributed by atoms with van der Waals surface area (Å²) in [5.74, 6) is -1.26. The Morgan fingerprint density at radius 2 is 1.88 bits per heavy atom. The van der Waals surface area contributed by atoms with Gasteiger partial charge in [0.05, 0.1) is 12.2 Å². The van der Waals surface area contributed by atoms with Crippen molar-refractivity contribution in [1.29, 1.82) is 0 Å². The van der Waals surface area contributed by atoms with Crippen LogP contribution in [0.3, 0.4) is 0 Å². The smallest absolute Gasteiger partial charge is 0.329 e. The molecule has 6 heteroatoms. The summed E-state index contributed by atoms with van der Waals surface area (Å²) >= 11 is 0. The zero-order chi connectivity index (χ0) is 12.1. The van der Waals surface area contributed by atoms with E-state index in [-0.39, 0.29) is 24.7 Å². The number of hydrogen-bond donors (Lipinski definition) is 1. The Hall–Kier alpha value is -1.14. The number of amides is 1. The fourth-order valence-electron chi connectivity index (χ4n) is 1.70. The van der Waals surface area contributed by atoms with Crippen LogP contribution in [0.2, 0.25) is 0 Å². The summed E-state index contributed by atoms with van der Waals surface area (Å²) in [5, 5.41) is 8.35. The van der Waals surface area contributed by atoms with E-state index in [1.165, 1.54) is 0 Å². The van der Waals surface area contributed by atoms with Gasteiger partial charge in [0.25, 0.3) is 0 Å². The lowest BCUT2D eigenvalue weighted by molar-refractivity contribution is -0.151. The predicted octanol–water partition coefficient (Wildman–Crippen LogP) is -0.277. The lowest BCUT2D eigenvalue weighted by atomic mass is 10.2. The molecule has 1 aliphatic rings. The molecule has 0 aliphatic carbocycles. The Morgan fingerprint density at radius 1 is 1.31 bits per heavy atom. The molecule has 6 nitrogen and oxygen atoms in total. The van der Waals surface area contributed by atoms with E-state index in [0.29, 0.717) is 13.1 Å². The molecule has 0 aromatic carbocycles. The van der Waals surface area contributed by atoms with Crippen molar-refractivity contribution in [2.75, 3.05) is 26.3 Å². The molecule has 0 saturated carbocycles. The van der Waals surface area contributed by atoms with Crippen molar-refractivity contribution in [3.8, 4) is 0 Å². The largest absolute Gasteiger partial charge is 0.480 e. The molecule has 1 aliphatic heterocycles. The van der Waals surface area contributed by atoms with Gasteiger partial charge in [-0.05, 0) is 13.8 Å². The average Bonchev–Trinajstić information content (AvgIpc) is 2.15. The fourth-order valence-corrected chi connectivity index (χ4v) is 1.70. The lowest BCUT2D eigenvalue weighted by Crippen LogP contribution is -2.49. The van der Waals surface area contributed by atoms with Gasteiger partial charge in [-0.15, -0.1) is 0 Å². The molecule has 0 aromatic heterocycles. The van der Waals surface area contributed by atoms with Gasteiger partial charge in [0.15, 0.2) is 0 Å². The monoisotopic (exact) mass is 231 g/mol. The molecular weight excluding hydrogens is 214 g/mol. The predicted molar refractivity (Wildman–Crippen MR) is 55.0 cm³/mol. The minimum Gasteiger partial charge on any atom is -0.480 e. The third-order valence-electron chi connectivity index (χ3n) is 2.22. The lowest BCUT2D eigenvalue weighted by Gasteiger charge is -2.35. The molecule has 0 aromatic rings. The number of ether oxygens (including phenoxy) is 2. The quantitative estimate of drug-likeness (QED) is 0.720. The number of hydrogen-bond acceptors (Lipinski definition) is 4. The van der Waals surface area contributed by atoms with E-state index in [1.807, 2.05) is 13.8 Å². The molecule has 1 heterocycles.